The number of hydrogen-bond acceptors (Lipinski definition) is 2. The first-order valence-corrected chi connectivity index (χ1v) is 5.63. The minimum atomic E-state index is -0.508. The normalized spacial score (nSPS) is 9.89. The molecule has 2 aromatic rings. The Labute approximate surface area is 106 Å². The van der Waals surface area contributed by atoms with Gasteiger partial charge in [0, 0.05) is 11.4 Å². The van der Waals surface area contributed by atoms with Crippen LogP contribution >= 0.6 is 0 Å². The summed E-state index contributed by atoms with van der Waals surface area (Å²) in [6, 6.07) is 12.3. The third-order valence-corrected chi connectivity index (χ3v) is 2.60. The van der Waals surface area contributed by atoms with E-state index in [1.807, 2.05) is 26.0 Å². The molecule has 0 aliphatic rings. The molecule has 0 fully saturated rings. The molecule has 0 aliphatic carbocycles. The zero-order valence-electron chi connectivity index (χ0n) is 10.3. The van der Waals surface area contributed by atoms with Gasteiger partial charge in [0.05, 0.1) is 5.56 Å². The molecule has 18 heavy (non-hydrogen) atoms. The fourth-order valence-corrected chi connectivity index (χ4v) is 1.90. The molecule has 3 heteroatoms. The molecular weight excluding hydrogens is 227 g/mol. The van der Waals surface area contributed by atoms with Gasteiger partial charge >= 0.3 is 0 Å². The lowest BCUT2D eigenvalue weighted by atomic mass is 10.1. The van der Waals surface area contributed by atoms with Crippen molar-refractivity contribution in [2.45, 2.75) is 13.8 Å². The Morgan fingerprint density at radius 1 is 1.00 bits per heavy atom. The van der Waals surface area contributed by atoms with E-state index in [1.54, 1.807) is 12.1 Å². The van der Waals surface area contributed by atoms with E-state index >= 15 is 0 Å². The van der Waals surface area contributed by atoms with Crippen LogP contribution in [0.4, 0.5) is 15.8 Å². The van der Waals surface area contributed by atoms with Gasteiger partial charge in [0.15, 0.2) is 0 Å². The fraction of sp³-hybridized carbons (Fsp3) is 0.133. The molecule has 0 atom stereocenters. The summed E-state index contributed by atoms with van der Waals surface area (Å²) in [6.45, 7) is 4.02. The summed E-state index contributed by atoms with van der Waals surface area (Å²) in [4.78, 5) is 0. The number of nitriles is 1. The van der Waals surface area contributed by atoms with Crippen molar-refractivity contribution in [3.05, 3.63) is 58.9 Å². The minimum absolute atomic E-state index is 0.0565. The second-order valence-corrected chi connectivity index (χ2v) is 4.31. The SMILES string of the molecule is Cc1cc(C)cc(Nc2ccc(C#N)c(F)c2)c1. The quantitative estimate of drug-likeness (QED) is 0.859. The maximum atomic E-state index is 13.4. The molecule has 0 bridgehead atoms. The summed E-state index contributed by atoms with van der Waals surface area (Å²) >= 11 is 0. The van der Waals surface area contributed by atoms with E-state index in [1.165, 1.54) is 12.1 Å². The lowest BCUT2D eigenvalue weighted by molar-refractivity contribution is 0.624. The average Bonchev–Trinajstić information content (AvgIpc) is 2.27. The second kappa shape index (κ2) is 4.89. The molecule has 0 spiro atoms. The lowest BCUT2D eigenvalue weighted by Crippen LogP contribution is -1.93. The highest BCUT2D eigenvalue weighted by molar-refractivity contribution is 5.62. The zero-order valence-corrected chi connectivity index (χ0v) is 10.3. The zero-order chi connectivity index (χ0) is 13.1. The van der Waals surface area contributed by atoms with Crippen LogP contribution in [0.3, 0.4) is 0 Å². The van der Waals surface area contributed by atoms with Crippen LogP contribution in [0.2, 0.25) is 0 Å². The first-order chi connectivity index (χ1) is 8.58. The first-order valence-electron chi connectivity index (χ1n) is 5.63. The van der Waals surface area contributed by atoms with Crippen LogP contribution in [-0.4, -0.2) is 0 Å². The molecule has 0 saturated heterocycles. The van der Waals surface area contributed by atoms with E-state index in [2.05, 4.69) is 11.4 Å². The summed E-state index contributed by atoms with van der Waals surface area (Å²) in [7, 11) is 0. The maximum absolute atomic E-state index is 13.4. The third-order valence-electron chi connectivity index (χ3n) is 2.60. The van der Waals surface area contributed by atoms with E-state index in [-0.39, 0.29) is 5.56 Å². The summed E-state index contributed by atoms with van der Waals surface area (Å²) in [5, 5.41) is 11.8. The Balaban J connectivity index is 2.29. The minimum Gasteiger partial charge on any atom is -0.355 e. The molecule has 90 valence electrons. The Kier molecular flexibility index (Phi) is 3.29. The largest absolute Gasteiger partial charge is 0.355 e. The van der Waals surface area contributed by atoms with Gasteiger partial charge in [0.1, 0.15) is 11.9 Å². The topological polar surface area (TPSA) is 35.8 Å². The van der Waals surface area contributed by atoms with Gasteiger partial charge in [-0.15, -0.1) is 0 Å². The highest BCUT2D eigenvalue weighted by Crippen LogP contribution is 2.21. The van der Waals surface area contributed by atoms with Crippen LogP contribution in [0.5, 0.6) is 0 Å². The maximum Gasteiger partial charge on any atom is 0.143 e. The van der Waals surface area contributed by atoms with Gasteiger partial charge in [-0.25, -0.2) is 4.39 Å². The molecule has 2 rings (SSSR count). The molecule has 0 aliphatic heterocycles. The number of aryl methyl sites for hydroxylation is 2. The Hall–Kier alpha value is -2.34. The molecule has 2 aromatic carbocycles. The van der Waals surface area contributed by atoms with Gasteiger partial charge < -0.3 is 5.32 Å². The van der Waals surface area contributed by atoms with Crippen LogP contribution < -0.4 is 5.32 Å². The van der Waals surface area contributed by atoms with Crippen molar-refractivity contribution in [3.63, 3.8) is 0 Å². The summed E-state index contributed by atoms with van der Waals surface area (Å²) in [6.07, 6.45) is 0. The molecule has 2 nitrogen and oxygen atoms in total. The number of hydrogen-bond donors (Lipinski definition) is 1. The fourth-order valence-electron chi connectivity index (χ4n) is 1.90. The van der Waals surface area contributed by atoms with Gasteiger partial charge in [-0.1, -0.05) is 6.07 Å². The van der Waals surface area contributed by atoms with Crippen LogP contribution in [0.25, 0.3) is 0 Å². The van der Waals surface area contributed by atoms with Crippen molar-refractivity contribution in [1.29, 1.82) is 5.26 Å². The van der Waals surface area contributed by atoms with E-state index < -0.39 is 5.82 Å². The van der Waals surface area contributed by atoms with Gasteiger partial charge in [-0.05, 0) is 55.3 Å². The smallest absolute Gasteiger partial charge is 0.143 e. The predicted molar refractivity (Wildman–Crippen MR) is 70.3 cm³/mol. The van der Waals surface area contributed by atoms with Crippen molar-refractivity contribution in [1.82, 2.24) is 0 Å². The third kappa shape index (κ3) is 2.67. The molecule has 0 aromatic heterocycles. The van der Waals surface area contributed by atoms with Gasteiger partial charge in [0.25, 0.3) is 0 Å². The molecule has 0 heterocycles. The standard InChI is InChI=1S/C15H13FN2/c1-10-5-11(2)7-14(6-10)18-13-4-3-12(9-17)15(16)8-13/h3-8,18H,1-2H3. The van der Waals surface area contributed by atoms with Crippen LogP contribution in [0.1, 0.15) is 16.7 Å². The number of rotatable bonds is 2. The van der Waals surface area contributed by atoms with Crippen molar-refractivity contribution >= 4 is 11.4 Å². The molecule has 1 N–H and O–H groups in total. The highest BCUT2D eigenvalue weighted by Gasteiger charge is 2.03. The highest BCUT2D eigenvalue weighted by atomic mass is 19.1. The lowest BCUT2D eigenvalue weighted by Gasteiger charge is -2.09. The van der Waals surface area contributed by atoms with Crippen LogP contribution in [0.15, 0.2) is 36.4 Å². The van der Waals surface area contributed by atoms with E-state index in [4.69, 9.17) is 5.26 Å². The Morgan fingerprint density at radius 3 is 2.22 bits per heavy atom. The van der Waals surface area contributed by atoms with Gasteiger partial charge in [0.2, 0.25) is 0 Å². The van der Waals surface area contributed by atoms with Crippen molar-refractivity contribution in [2.75, 3.05) is 5.32 Å². The number of benzene rings is 2. The molecule has 0 saturated carbocycles. The average molecular weight is 240 g/mol. The number of nitrogens with one attached hydrogen (secondary N) is 1. The van der Waals surface area contributed by atoms with Crippen LogP contribution in [0, 0.1) is 31.0 Å². The van der Waals surface area contributed by atoms with E-state index in [9.17, 15) is 4.39 Å². The van der Waals surface area contributed by atoms with Crippen molar-refractivity contribution < 1.29 is 4.39 Å². The van der Waals surface area contributed by atoms with Crippen LogP contribution in [-0.2, 0) is 0 Å². The van der Waals surface area contributed by atoms with E-state index in [0.29, 0.717) is 5.69 Å². The molecule has 0 unspecified atom stereocenters. The van der Waals surface area contributed by atoms with E-state index in [0.717, 1.165) is 16.8 Å². The van der Waals surface area contributed by atoms with Crippen molar-refractivity contribution in [3.8, 4) is 6.07 Å². The van der Waals surface area contributed by atoms with Crippen molar-refractivity contribution in [2.24, 2.45) is 0 Å². The summed E-state index contributed by atoms with van der Waals surface area (Å²) < 4.78 is 13.4. The summed E-state index contributed by atoms with van der Waals surface area (Å²) in [5.41, 5.74) is 3.90. The Bertz CT molecular complexity index is 607. The molecule has 0 amide bonds. The second-order valence-electron chi connectivity index (χ2n) is 4.31. The predicted octanol–water partition coefficient (Wildman–Crippen LogP) is 4.06. The summed E-state index contributed by atoms with van der Waals surface area (Å²) in [5.74, 6) is -0.508. The molecular formula is C15H13FN2. The van der Waals surface area contributed by atoms with Gasteiger partial charge in [-0.3, -0.25) is 0 Å². The number of halogens is 1. The Morgan fingerprint density at radius 2 is 1.67 bits per heavy atom. The molecule has 0 radical (unpaired) electrons. The number of anilines is 2. The first kappa shape index (κ1) is 12.1. The van der Waals surface area contributed by atoms with Gasteiger partial charge in [-0.2, -0.15) is 5.26 Å². The number of nitrogens with zero attached hydrogens (tertiary/aromatic N) is 1. The monoisotopic (exact) mass is 240 g/mol.